The highest BCUT2D eigenvalue weighted by molar-refractivity contribution is 4.86. The van der Waals surface area contributed by atoms with Crippen molar-refractivity contribution in [3.05, 3.63) is 0 Å². The first-order valence-electron chi connectivity index (χ1n) is 5.88. The van der Waals surface area contributed by atoms with Crippen molar-refractivity contribution in [2.75, 3.05) is 33.2 Å². The molecule has 2 rings (SSSR count). The first kappa shape index (κ1) is 10.4. The standard InChI is InChI=1S/C11H22N2O/c1-12-6-3-7-13(9-8-12)10-4-2-5-11(10)14/h10-11,14H,2-9H2,1H3/t10-,11+/m1/s1. The van der Waals surface area contributed by atoms with Crippen molar-refractivity contribution in [3.8, 4) is 0 Å². The molecule has 2 aliphatic rings. The van der Waals surface area contributed by atoms with E-state index in [1.807, 2.05) is 0 Å². The maximum Gasteiger partial charge on any atom is 0.0695 e. The van der Waals surface area contributed by atoms with Gasteiger partial charge in [0.15, 0.2) is 0 Å². The van der Waals surface area contributed by atoms with Crippen LogP contribution in [0.15, 0.2) is 0 Å². The fourth-order valence-electron chi connectivity index (χ4n) is 2.74. The molecule has 0 aromatic carbocycles. The van der Waals surface area contributed by atoms with Crippen molar-refractivity contribution in [1.82, 2.24) is 9.80 Å². The Kier molecular flexibility index (Phi) is 3.42. The Morgan fingerprint density at radius 2 is 1.86 bits per heavy atom. The van der Waals surface area contributed by atoms with Crippen LogP contribution in [0.3, 0.4) is 0 Å². The first-order chi connectivity index (χ1) is 6.77. The summed E-state index contributed by atoms with van der Waals surface area (Å²) in [5.74, 6) is 0. The topological polar surface area (TPSA) is 26.7 Å². The predicted molar refractivity (Wildman–Crippen MR) is 57.3 cm³/mol. The predicted octanol–water partition coefficient (Wildman–Crippen LogP) is 0.537. The van der Waals surface area contributed by atoms with E-state index in [-0.39, 0.29) is 6.10 Å². The van der Waals surface area contributed by atoms with Crippen molar-refractivity contribution >= 4 is 0 Å². The molecule has 0 bridgehead atoms. The summed E-state index contributed by atoms with van der Waals surface area (Å²) in [6.07, 6.45) is 4.61. The maximum absolute atomic E-state index is 9.84. The second-order valence-electron chi connectivity index (χ2n) is 4.76. The normalized spacial score (nSPS) is 37.3. The second kappa shape index (κ2) is 4.60. The molecular formula is C11H22N2O. The molecule has 0 radical (unpaired) electrons. The van der Waals surface area contributed by atoms with Gasteiger partial charge in [-0.3, -0.25) is 4.90 Å². The lowest BCUT2D eigenvalue weighted by Crippen LogP contribution is -2.42. The van der Waals surface area contributed by atoms with Crippen LogP contribution in [-0.2, 0) is 0 Å². The zero-order valence-electron chi connectivity index (χ0n) is 9.15. The highest BCUT2D eigenvalue weighted by atomic mass is 16.3. The van der Waals surface area contributed by atoms with Crippen LogP contribution in [0.1, 0.15) is 25.7 Å². The molecule has 2 atom stereocenters. The molecule has 1 saturated carbocycles. The van der Waals surface area contributed by atoms with E-state index in [4.69, 9.17) is 0 Å². The molecule has 82 valence electrons. The van der Waals surface area contributed by atoms with E-state index in [0.717, 1.165) is 19.5 Å². The van der Waals surface area contributed by atoms with Gasteiger partial charge in [0.25, 0.3) is 0 Å². The molecule has 1 saturated heterocycles. The smallest absolute Gasteiger partial charge is 0.0695 e. The molecule has 0 aromatic heterocycles. The first-order valence-corrected chi connectivity index (χ1v) is 5.88. The highest BCUT2D eigenvalue weighted by Gasteiger charge is 2.30. The van der Waals surface area contributed by atoms with Crippen LogP contribution in [0.25, 0.3) is 0 Å². The van der Waals surface area contributed by atoms with Crippen LogP contribution in [0, 0.1) is 0 Å². The van der Waals surface area contributed by atoms with Gasteiger partial charge in [-0.2, -0.15) is 0 Å². The third-order valence-corrected chi connectivity index (χ3v) is 3.67. The van der Waals surface area contributed by atoms with Gasteiger partial charge in [0.1, 0.15) is 0 Å². The Morgan fingerprint density at radius 1 is 1.00 bits per heavy atom. The summed E-state index contributed by atoms with van der Waals surface area (Å²) in [7, 11) is 2.19. The fourth-order valence-corrected chi connectivity index (χ4v) is 2.74. The van der Waals surface area contributed by atoms with E-state index < -0.39 is 0 Å². The lowest BCUT2D eigenvalue weighted by Gasteiger charge is -2.29. The van der Waals surface area contributed by atoms with Gasteiger partial charge in [-0.1, -0.05) is 0 Å². The molecule has 14 heavy (non-hydrogen) atoms. The minimum absolute atomic E-state index is 0.0570. The van der Waals surface area contributed by atoms with Gasteiger partial charge in [0.2, 0.25) is 0 Å². The highest BCUT2D eigenvalue weighted by Crippen LogP contribution is 2.24. The number of hydrogen-bond acceptors (Lipinski definition) is 3. The monoisotopic (exact) mass is 198 g/mol. The fraction of sp³-hybridized carbons (Fsp3) is 1.00. The van der Waals surface area contributed by atoms with E-state index in [2.05, 4.69) is 16.8 Å². The summed E-state index contributed by atoms with van der Waals surface area (Å²) < 4.78 is 0. The van der Waals surface area contributed by atoms with Crippen molar-refractivity contribution in [2.24, 2.45) is 0 Å². The molecule has 2 fully saturated rings. The number of aliphatic hydroxyl groups excluding tert-OH is 1. The summed E-state index contributed by atoms with van der Waals surface area (Å²) in [5.41, 5.74) is 0. The summed E-state index contributed by atoms with van der Waals surface area (Å²) in [6.45, 7) is 4.67. The van der Waals surface area contributed by atoms with E-state index >= 15 is 0 Å². The Labute approximate surface area is 86.7 Å². The van der Waals surface area contributed by atoms with Gasteiger partial charge in [0, 0.05) is 19.1 Å². The van der Waals surface area contributed by atoms with Crippen LogP contribution in [0.4, 0.5) is 0 Å². The quantitative estimate of drug-likeness (QED) is 0.666. The summed E-state index contributed by atoms with van der Waals surface area (Å²) >= 11 is 0. The van der Waals surface area contributed by atoms with Crippen LogP contribution >= 0.6 is 0 Å². The summed E-state index contributed by atoms with van der Waals surface area (Å²) in [4.78, 5) is 4.89. The lowest BCUT2D eigenvalue weighted by molar-refractivity contribution is 0.0732. The van der Waals surface area contributed by atoms with E-state index in [9.17, 15) is 5.11 Å². The Morgan fingerprint density at radius 3 is 2.57 bits per heavy atom. The molecule has 1 aliphatic heterocycles. The van der Waals surface area contributed by atoms with Crippen LogP contribution < -0.4 is 0 Å². The third kappa shape index (κ3) is 2.27. The third-order valence-electron chi connectivity index (χ3n) is 3.67. The summed E-state index contributed by atoms with van der Waals surface area (Å²) in [6, 6.07) is 0.460. The van der Waals surface area contributed by atoms with Crippen LogP contribution in [0.2, 0.25) is 0 Å². The number of aliphatic hydroxyl groups is 1. The Hall–Kier alpha value is -0.120. The van der Waals surface area contributed by atoms with Gasteiger partial charge >= 0.3 is 0 Å². The van der Waals surface area contributed by atoms with Crippen LogP contribution in [0.5, 0.6) is 0 Å². The molecular weight excluding hydrogens is 176 g/mol. The van der Waals surface area contributed by atoms with Gasteiger partial charge in [-0.25, -0.2) is 0 Å². The number of hydrogen-bond donors (Lipinski definition) is 1. The van der Waals surface area contributed by atoms with Gasteiger partial charge in [-0.05, 0) is 45.8 Å². The zero-order chi connectivity index (χ0) is 9.97. The number of nitrogens with zero attached hydrogens (tertiary/aromatic N) is 2. The average Bonchev–Trinajstić information content (AvgIpc) is 2.46. The molecule has 0 amide bonds. The Balaban J connectivity index is 1.90. The molecule has 0 unspecified atom stereocenters. The minimum Gasteiger partial charge on any atom is -0.391 e. The molecule has 1 N–H and O–H groups in total. The molecule has 3 heteroatoms. The van der Waals surface area contributed by atoms with E-state index in [1.165, 1.54) is 32.4 Å². The van der Waals surface area contributed by atoms with Crippen molar-refractivity contribution in [3.63, 3.8) is 0 Å². The van der Waals surface area contributed by atoms with Crippen LogP contribution in [-0.4, -0.2) is 60.3 Å². The minimum atomic E-state index is -0.0570. The molecule has 0 spiro atoms. The van der Waals surface area contributed by atoms with Gasteiger partial charge in [0.05, 0.1) is 6.10 Å². The van der Waals surface area contributed by atoms with Gasteiger partial charge in [-0.15, -0.1) is 0 Å². The average molecular weight is 198 g/mol. The SMILES string of the molecule is CN1CCCN([C@@H]2CCC[C@@H]2O)CC1. The Bertz CT molecular complexity index is 186. The number of rotatable bonds is 1. The van der Waals surface area contributed by atoms with Crippen molar-refractivity contribution in [1.29, 1.82) is 0 Å². The largest absolute Gasteiger partial charge is 0.391 e. The van der Waals surface area contributed by atoms with E-state index in [0.29, 0.717) is 6.04 Å². The zero-order valence-corrected chi connectivity index (χ0v) is 9.15. The molecule has 1 heterocycles. The molecule has 0 aromatic rings. The number of likely N-dealkylation sites (N-methyl/N-ethyl adjacent to an activating group) is 1. The molecule has 3 nitrogen and oxygen atoms in total. The van der Waals surface area contributed by atoms with Crippen molar-refractivity contribution in [2.45, 2.75) is 37.8 Å². The summed E-state index contributed by atoms with van der Waals surface area (Å²) in [5, 5.41) is 9.84. The maximum atomic E-state index is 9.84. The van der Waals surface area contributed by atoms with Crippen molar-refractivity contribution < 1.29 is 5.11 Å². The van der Waals surface area contributed by atoms with Gasteiger partial charge < -0.3 is 10.0 Å². The second-order valence-corrected chi connectivity index (χ2v) is 4.76. The lowest BCUT2D eigenvalue weighted by atomic mass is 10.1. The van der Waals surface area contributed by atoms with E-state index in [1.54, 1.807) is 0 Å². The molecule has 1 aliphatic carbocycles.